The summed E-state index contributed by atoms with van der Waals surface area (Å²) in [6.07, 6.45) is 1.45. The van der Waals surface area contributed by atoms with Gasteiger partial charge in [0.15, 0.2) is 0 Å². The molecule has 1 saturated heterocycles. The van der Waals surface area contributed by atoms with Gasteiger partial charge in [0.05, 0.1) is 12.0 Å². The molecule has 0 atom stereocenters. The standard InChI is InChI=1S/C18H26FN3O3.ClH/c1-13-3-4-14(11-15(13)19)16(23)21-9-10-22-17(24)18(12-25-2)5-7-20-8-6-18;/h3-4,11,20H,5-10,12H2,1-2H3,(H,21,23)(H,22,24);1H. The van der Waals surface area contributed by atoms with Gasteiger partial charge in [0.25, 0.3) is 5.91 Å². The van der Waals surface area contributed by atoms with Crippen LogP contribution in [0.1, 0.15) is 28.8 Å². The number of piperidine rings is 1. The maximum atomic E-state index is 13.5. The van der Waals surface area contributed by atoms with E-state index in [1.54, 1.807) is 26.2 Å². The van der Waals surface area contributed by atoms with Crippen LogP contribution in [0.25, 0.3) is 0 Å². The van der Waals surface area contributed by atoms with Crippen LogP contribution in [0.2, 0.25) is 0 Å². The molecule has 0 bridgehead atoms. The first-order valence-corrected chi connectivity index (χ1v) is 8.51. The first-order chi connectivity index (χ1) is 12.0. The van der Waals surface area contributed by atoms with Crippen molar-refractivity contribution in [2.75, 3.05) is 39.9 Å². The van der Waals surface area contributed by atoms with Gasteiger partial charge in [-0.15, -0.1) is 12.4 Å². The lowest BCUT2D eigenvalue weighted by atomic mass is 9.78. The number of hydrogen-bond donors (Lipinski definition) is 3. The average Bonchev–Trinajstić information content (AvgIpc) is 2.61. The Morgan fingerprint density at radius 1 is 1.23 bits per heavy atom. The zero-order valence-corrected chi connectivity index (χ0v) is 16.0. The predicted octanol–water partition coefficient (Wildman–Crippen LogP) is 1.42. The highest BCUT2D eigenvalue weighted by atomic mass is 35.5. The van der Waals surface area contributed by atoms with E-state index in [0.717, 1.165) is 25.9 Å². The maximum Gasteiger partial charge on any atom is 0.251 e. The predicted molar refractivity (Wildman–Crippen MR) is 100 cm³/mol. The molecule has 1 aliphatic heterocycles. The van der Waals surface area contributed by atoms with Crippen molar-refractivity contribution in [3.05, 3.63) is 35.1 Å². The fraction of sp³-hybridized carbons (Fsp3) is 0.556. The molecule has 0 saturated carbocycles. The van der Waals surface area contributed by atoms with E-state index in [4.69, 9.17) is 4.74 Å². The Bertz CT molecular complexity index is 616. The molecule has 0 unspecified atom stereocenters. The third kappa shape index (κ3) is 5.65. The van der Waals surface area contributed by atoms with Crippen molar-refractivity contribution in [1.29, 1.82) is 0 Å². The van der Waals surface area contributed by atoms with Gasteiger partial charge >= 0.3 is 0 Å². The van der Waals surface area contributed by atoms with Crippen LogP contribution >= 0.6 is 12.4 Å². The minimum absolute atomic E-state index is 0. The molecule has 26 heavy (non-hydrogen) atoms. The highest BCUT2D eigenvalue weighted by molar-refractivity contribution is 5.94. The number of amides is 2. The van der Waals surface area contributed by atoms with Crippen LogP contribution in [-0.4, -0.2) is 51.7 Å². The molecule has 1 heterocycles. The first-order valence-electron chi connectivity index (χ1n) is 8.51. The molecule has 6 nitrogen and oxygen atoms in total. The number of halogens is 2. The van der Waals surface area contributed by atoms with Gasteiger partial charge in [-0.2, -0.15) is 0 Å². The Hall–Kier alpha value is -1.70. The van der Waals surface area contributed by atoms with Crippen LogP contribution in [0.3, 0.4) is 0 Å². The number of aryl methyl sites for hydroxylation is 1. The van der Waals surface area contributed by atoms with Crippen LogP contribution in [0.15, 0.2) is 18.2 Å². The molecule has 2 amide bonds. The number of carbonyl (C=O) groups excluding carboxylic acids is 2. The monoisotopic (exact) mass is 387 g/mol. The van der Waals surface area contributed by atoms with E-state index in [2.05, 4.69) is 16.0 Å². The second-order valence-electron chi connectivity index (χ2n) is 6.44. The molecule has 0 aliphatic carbocycles. The molecule has 0 spiro atoms. The van der Waals surface area contributed by atoms with Crippen molar-refractivity contribution in [2.45, 2.75) is 19.8 Å². The summed E-state index contributed by atoms with van der Waals surface area (Å²) in [6, 6.07) is 4.36. The normalized spacial score (nSPS) is 15.7. The summed E-state index contributed by atoms with van der Waals surface area (Å²) >= 11 is 0. The Kier molecular flexibility index (Phi) is 8.98. The lowest BCUT2D eigenvalue weighted by Crippen LogP contribution is -2.51. The van der Waals surface area contributed by atoms with Gasteiger partial charge in [-0.3, -0.25) is 9.59 Å². The number of hydrogen-bond acceptors (Lipinski definition) is 4. The quantitative estimate of drug-likeness (QED) is 0.618. The average molecular weight is 388 g/mol. The molecule has 0 radical (unpaired) electrons. The smallest absolute Gasteiger partial charge is 0.251 e. The number of nitrogens with one attached hydrogen (secondary N) is 3. The summed E-state index contributed by atoms with van der Waals surface area (Å²) in [5, 5.41) is 8.79. The van der Waals surface area contributed by atoms with Crippen LogP contribution < -0.4 is 16.0 Å². The van der Waals surface area contributed by atoms with Crippen molar-refractivity contribution in [3.8, 4) is 0 Å². The zero-order valence-electron chi connectivity index (χ0n) is 15.2. The number of methoxy groups -OCH3 is 1. The molecule has 0 aromatic heterocycles. The van der Waals surface area contributed by atoms with Crippen molar-refractivity contribution < 1.29 is 18.7 Å². The molecule has 8 heteroatoms. The second kappa shape index (κ2) is 10.4. The Morgan fingerprint density at radius 2 is 1.88 bits per heavy atom. The molecule has 1 aromatic carbocycles. The zero-order chi connectivity index (χ0) is 18.3. The van der Waals surface area contributed by atoms with Crippen LogP contribution in [0.5, 0.6) is 0 Å². The molecule has 146 valence electrons. The van der Waals surface area contributed by atoms with Crippen molar-refractivity contribution in [1.82, 2.24) is 16.0 Å². The third-order valence-corrected chi connectivity index (χ3v) is 4.59. The van der Waals surface area contributed by atoms with Gasteiger partial charge < -0.3 is 20.7 Å². The minimum Gasteiger partial charge on any atom is -0.384 e. The van der Waals surface area contributed by atoms with Crippen LogP contribution in [-0.2, 0) is 9.53 Å². The third-order valence-electron chi connectivity index (χ3n) is 4.59. The first kappa shape index (κ1) is 22.3. The summed E-state index contributed by atoms with van der Waals surface area (Å²) in [7, 11) is 1.60. The molecule has 1 aromatic rings. The summed E-state index contributed by atoms with van der Waals surface area (Å²) in [5.41, 5.74) is 0.252. The van der Waals surface area contributed by atoms with Crippen molar-refractivity contribution in [2.24, 2.45) is 5.41 Å². The van der Waals surface area contributed by atoms with E-state index < -0.39 is 11.2 Å². The summed E-state index contributed by atoms with van der Waals surface area (Å²) in [4.78, 5) is 24.5. The van der Waals surface area contributed by atoms with E-state index in [-0.39, 0.29) is 36.3 Å². The molecule has 3 N–H and O–H groups in total. The number of benzene rings is 1. The number of rotatable bonds is 7. The number of ether oxygens (including phenoxy) is 1. The molecule has 2 rings (SSSR count). The second-order valence-corrected chi connectivity index (χ2v) is 6.44. The van der Waals surface area contributed by atoms with E-state index in [9.17, 15) is 14.0 Å². The Balaban J connectivity index is 0.00000338. The highest BCUT2D eigenvalue weighted by Gasteiger charge is 2.39. The molecular formula is C18H27ClFN3O3. The largest absolute Gasteiger partial charge is 0.384 e. The fourth-order valence-corrected chi connectivity index (χ4v) is 2.99. The van der Waals surface area contributed by atoms with E-state index in [0.29, 0.717) is 18.7 Å². The van der Waals surface area contributed by atoms with Gasteiger partial charge in [-0.1, -0.05) is 6.07 Å². The molecule has 1 aliphatic rings. The summed E-state index contributed by atoms with van der Waals surface area (Å²) < 4.78 is 18.7. The number of carbonyl (C=O) groups is 2. The Morgan fingerprint density at radius 3 is 2.50 bits per heavy atom. The van der Waals surface area contributed by atoms with Crippen molar-refractivity contribution >= 4 is 24.2 Å². The molecule has 1 fully saturated rings. The van der Waals surface area contributed by atoms with Gasteiger partial charge in [0.1, 0.15) is 5.82 Å². The lowest BCUT2D eigenvalue weighted by molar-refractivity contribution is -0.136. The van der Waals surface area contributed by atoms with E-state index in [1.165, 1.54) is 6.07 Å². The maximum absolute atomic E-state index is 13.5. The van der Waals surface area contributed by atoms with Gasteiger partial charge in [0.2, 0.25) is 5.91 Å². The van der Waals surface area contributed by atoms with Gasteiger partial charge in [-0.05, 0) is 50.6 Å². The Labute approximate surface area is 159 Å². The van der Waals surface area contributed by atoms with Crippen LogP contribution in [0.4, 0.5) is 4.39 Å². The lowest BCUT2D eigenvalue weighted by Gasteiger charge is -2.35. The minimum atomic E-state index is -0.510. The summed E-state index contributed by atoms with van der Waals surface area (Å²) in [5.74, 6) is -0.818. The van der Waals surface area contributed by atoms with Gasteiger partial charge in [0, 0.05) is 25.8 Å². The fourth-order valence-electron chi connectivity index (χ4n) is 2.99. The SMILES string of the molecule is COCC1(C(=O)NCCNC(=O)c2ccc(C)c(F)c2)CCNCC1.Cl. The van der Waals surface area contributed by atoms with Crippen LogP contribution in [0, 0.1) is 18.2 Å². The van der Waals surface area contributed by atoms with E-state index >= 15 is 0 Å². The topological polar surface area (TPSA) is 79.5 Å². The highest BCUT2D eigenvalue weighted by Crippen LogP contribution is 2.29. The van der Waals surface area contributed by atoms with Crippen molar-refractivity contribution in [3.63, 3.8) is 0 Å². The summed E-state index contributed by atoms with van der Waals surface area (Å²) in [6.45, 7) is 4.19. The van der Waals surface area contributed by atoms with Gasteiger partial charge in [-0.25, -0.2) is 4.39 Å². The van der Waals surface area contributed by atoms with E-state index in [1.807, 2.05) is 0 Å². The molecular weight excluding hydrogens is 361 g/mol.